The summed E-state index contributed by atoms with van der Waals surface area (Å²) in [7, 11) is 0. The molecule has 154 valence electrons. The molecule has 0 amide bonds. The molecule has 30 heavy (non-hydrogen) atoms. The maximum atomic E-state index is 12.6. The van der Waals surface area contributed by atoms with Crippen molar-refractivity contribution in [2.24, 2.45) is 5.92 Å². The average Bonchev–Trinajstić information content (AvgIpc) is 3.47. The maximum Gasteiger partial charge on any atom is 0.249 e. The average molecular weight is 439 g/mol. The summed E-state index contributed by atoms with van der Waals surface area (Å²) < 4.78 is 2.14. The van der Waals surface area contributed by atoms with Crippen molar-refractivity contribution in [1.29, 1.82) is 0 Å². The molecule has 1 fully saturated rings. The van der Waals surface area contributed by atoms with Crippen molar-refractivity contribution < 1.29 is 4.79 Å². The van der Waals surface area contributed by atoms with Crippen molar-refractivity contribution in [2.45, 2.75) is 37.5 Å². The van der Waals surface area contributed by atoms with E-state index in [1.54, 1.807) is 0 Å². The van der Waals surface area contributed by atoms with Gasteiger partial charge in [0.1, 0.15) is 11.2 Å². The van der Waals surface area contributed by atoms with E-state index in [2.05, 4.69) is 37.4 Å². The lowest BCUT2D eigenvalue weighted by Crippen LogP contribution is -2.39. The third-order valence-electron chi connectivity index (χ3n) is 6.07. The number of hydrogen-bond acceptors (Lipinski definition) is 8. The van der Waals surface area contributed by atoms with Gasteiger partial charge in [0.25, 0.3) is 0 Å². The lowest BCUT2D eigenvalue weighted by molar-refractivity contribution is 0.102. The third-order valence-corrected chi connectivity index (χ3v) is 8.26. The van der Waals surface area contributed by atoms with Gasteiger partial charge in [0.2, 0.25) is 5.95 Å². The molecule has 3 aliphatic rings. The lowest BCUT2D eigenvalue weighted by atomic mass is 9.87. The van der Waals surface area contributed by atoms with Crippen molar-refractivity contribution >= 4 is 34.8 Å². The molecule has 2 atom stereocenters. The molecule has 1 unspecified atom stereocenters. The smallest absolute Gasteiger partial charge is 0.249 e. The van der Waals surface area contributed by atoms with Crippen LogP contribution in [-0.2, 0) is 12.8 Å². The predicted molar refractivity (Wildman–Crippen MR) is 118 cm³/mol. The Balaban J connectivity index is 1.38. The van der Waals surface area contributed by atoms with E-state index in [4.69, 9.17) is 0 Å². The molecule has 0 bridgehead atoms. The topological polar surface area (TPSA) is 75.1 Å². The van der Waals surface area contributed by atoms with Crippen LogP contribution < -0.4 is 15.8 Å². The van der Waals surface area contributed by atoms with Crippen LogP contribution in [0.5, 0.6) is 0 Å². The summed E-state index contributed by atoms with van der Waals surface area (Å²) in [5.74, 6) is 1.96. The number of thiophene rings is 1. The van der Waals surface area contributed by atoms with Gasteiger partial charge in [-0.25, -0.2) is 9.99 Å². The second kappa shape index (κ2) is 7.19. The first kappa shape index (κ1) is 18.6. The summed E-state index contributed by atoms with van der Waals surface area (Å²) in [6, 6.07) is 9.44. The van der Waals surface area contributed by atoms with Crippen molar-refractivity contribution in [3.8, 4) is 5.00 Å². The zero-order valence-electron chi connectivity index (χ0n) is 16.6. The fourth-order valence-corrected chi connectivity index (χ4v) is 6.99. The Bertz CT molecular complexity index is 1120. The highest BCUT2D eigenvalue weighted by Gasteiger charge is 2.42. The Labute approximate surface area is 182 Å². The van der Waals surface area contributed by atoms with Crippen LogP contribution in [0.3, 0.4) is 0 Å². The number of nitrogens with zero attached hydrogens (tertiary/aromatic N) is 4. The first-order valence-electron chi connectivity index (χ1n) is 10.3. The largest absolute Gasteiger partial charge is 0.293 e. The molecule has 0 spiro atoms. The van der Waals surface area contributed by atoms with Gasteiger partial charge in [0.05, 0.1) is 12.4 Å². The number of aromatic nitrogens is 3. The van der Waals surface area contributed by atoms with E-state index in [9.17, 15) is 4.79 Å². The van der Waals surface area contributed by atoms with Crippen LogP contribution in [0.25, 0.3) is 5.00 Å². The number of thioether (sulfide) groups is 1. The van der Waals surface area contributed by atoms with Crippen LogP contribution in [0, 0.1) is 5.92 Å². The number of ketones is 1. The van der Waals surface area contributed by atoms with Gasteiger partial charge < -0.3 is 0 Å². The van der Waals surface area contributed by atoms with E-state index in [0.29, 0.717) is 12.4 Å². The molecule has 2 aliphatic heterocycles. The fraction of sp³-hybridized carbons (Fsp3) is 0.381. The van der Waals surface area contributed by atoms with Gasteiger partial charge in [-0.1, -0.05) is 49.0 Å². The van der Waals surface area contributed by atoms with Gasteiger partial charge in [-0.3, -0.25) is 15.1 Å². The Kier molecular flexibility index (Phi) is 4.45. The van der Waals surface area contributed by atoms with Crippen molar-refractivity contribution in [1.82, 2.24) is 25.5 Å². The van der Waals surface area contributed by atoms with E-state index in [-0.39, 0.29) is 11.9 Å². The van der Waals surface area contributed by atoms with Crippen LogP contribution in [0.15, 0.2) is 35.5 Å². The van der Waals surface area contributed by atoms with Crippen molar-refractivity contribution in [3.05, 3.63) is 51.9 Å². The number of Topliss-reactive ketones (excluding diaryl/α,β-unsaturated/α-hetero) is 1. The Morgan fingerprint density at radius 2 is 2.17 bits per heavy atom. The van der Waals surface area contributed by atoms with Crippen molar-refractivity contribution in [3.63, 3.8) is 0 Å². The number of benzene rings is 1. The Morgan fingerprint density at radius 1 is 1.30 bits per heavy atom. The number of nitrogens with one attached hydrogen (secondary N) is 2. The van der Waals surface area contributed by atoms with Gasteiger partial charge in [-0.15, -0.1) is 21.5 Å². The molecule has 3 aromatic rings. The highest BCUT2D eigenvalue weighted by molar-refractivity contribution is 7.99. The second-order valence-corrected chi connectivity index (χ2v) is 10.1. The van der Waals surface area contributed by atoms with Crippen LogP contribution in [0.1, 0.15) is 45.9 Å². The maximum absolute atomic E-state index is 12.6. The normalized spacial score (nSPS) is 21.7. The number of hydrogen-bond donors (Lipinski definition) is 2. The molecule has 0 radical (unpaired) electrons. The van der Waals surface area contributed by atoms with Crippen molar-refractivity contribution in [2.75, 3.05) is 17.4 Å². The first-order valence-corrected chi connectivity index (χ1v) is 12.1. The number of carbonyl (C=O) groups excluding carboxylic acids is 1. The minimum Gasteiger partial charge on any atom is -0.293 e. The summed E-state index contributed by atoms with van der Waals surface area (Å²) in [5, 5.41) is 16.6. The van der Waals surface area contributed by atoms with Crippen LogP contribution >= 0.6 is 23.1 Å². The van der Waals surface area contributed by atoms with E-state index < -0.39 is 0 Å². The van der Waals surface area contributed by atoms with Gasteiger partial charge in [0.15, 0.2) is 10.9 Å². The standard InChI is InChI=1S/C21H22N6OS2/c1-12-7-8-14-16(9-12)30-19-17(14)18-22-11-23-27(18)20-24-25-21(26(19)20)29-10-15(28)13-5-3-2-4-6-13/h2-6,12,18,22-23H,7-11H2,1H3/t12-,18?/m0/s1. The highest BCUT2D eigenvalue weighted by atomic mass is 32.2. The second-order valence-electron chi connectivity index (χ2n) is 8.08. The van der Waals surface area contributed by atoms with Gasteiger partial charge >= 0.3 is 0 Å². The molecule has 6 rings (SSSR count). The quantitative estimate of drug-likeness (QED) is 0.478. The summed E-state index contributed by atoms with van der Waals surface area (Å²) in [6.45, 7) is 3.04. The number of anilines is 1. The van der Waals surface area contributed by atoms with Gasteiger partial charge in [-0.05, 0) is 30.7 Å². The summed E-state index contributed by atoms with van der Waals surface area (Å²) in [6.07, 6.45) is 3.59. The third kappa shape index (κ3) is 2.84. The first-order chi connectivity index (χ1) is 14.7. The number of rotatable bonds is 4. The van der Waals surface area contributed by atoms with Crippen LogP contribution in [0.2, 0.25) is 0 Å². The minimum atomic E-state index is 0.0916. The zero-order valence-corrected chi connectivity index (χ0v) is 18.2. The molecule has 2 N–H and O–H groups in total. The highest BCUT2D eigenvalue weighted by Crippen LogP contribution is 2.48. The summed E-state index contributed by atoms with van der Waals surface area (Å²) in [4.78, 5) is 14.1. The SMILES string of the molecule is C[C@H]1CCc2c(sc3c2C2NCNN2c2nnc(SCC(=O)c4ccccc4)n2-3)C1. The number of hydrazine groups is 1. The Hall–Kier alpha value is -2.20. The van der Waals surface area contributed by atoms with Crippen LogP contribution in [-0.4, -0.2) is 33.0 Å². The lowest BCUT2D eigenvalue weighted by Gasteiger charge is -2.31. The molecular formula is C21H22N6OS2. The predicted octanol–water partition coefficient (Wildman–Crippen LogP) is 3.31. The molecule has 7 nitrogen and oxygen atoms in total. The summed E-state index contributed by atoms with van der Waals surface area (Å²) in [5.41, 5.74) is 6.98. The molecule has 0 saturated carbocycles. The van der Waals surface area contributed by atoms with E-state index in [1.807, 2.05) is 41.7 Å². The Morgan fingerprint density at radius 3 is 3.03 bits per heavy atom. The number of fused-ring (bicyclic) bond motifs is 8. The monoisotopic (exact) mass is 438 g/mol. The molecule has 4 heterocycles. The molecule has 1 aliphatic carbocycles. The molecule has 9 heteroatoms. The summed E-state index contributed by atoms with van der Waals surface area (Å²) >= 11 is 3.33. The van der Waals surface area contributed by atoms with E-state index in [0.717, 1.165) is 35.4 Å². The van der Waals surface area contributed by atoms with Gasteiger partial charge in [0, 0.05) is 16.0 Å². The van der Waals surface area contributed by atoms with E-state index >= 15 is 0 Å². The zero-order chi connectivity index (χ0) is 20.2. The van der Waals surface area contributed by atoms with Crippen LogP contribution in [0.4, 0.5) is 5.95 Å². The van der Waals surface area contributed by atoms with Gasteiger partial charge in [-0.2, -0.15) is 0 Å². The molecule has 1 saturated heterocycles. The molecule has 1 aromatic carbocycles. The minimum absolute atomic E-state index is 0.0916. The molecular weight excluding hydrogens is 416 g/mol. The fourth-order valence-electron chi connectivity index (χ4n) is 4.56. The van der Waals surface area contributed by atoms with E-state index in [1.165, 1.54) is 39.2 Å². The molecule has 2 aromatic heterocycles. The number of carbonyl (C=O) groups is 1.